The lowest BCUT2D eigenvalue weighted by atomic mass is 10.3. The lowest BCUT2D eigenvalue weighted by Gasteiger charge is -2.18. The Hall–Kier alpha value is 0.310. The molecule has 0 aromatic carbocycles. The van der Waals surface area contributed by atoms with E-state index in [1.54, 1.807) is 0 Å². The second-order valence-electron chi connectivity index (χ2n) is 2.40. The molecule has 0 saturated carbocycles. The third-order valence-electron chi connectivity index (χ3n) is 1.55. The smallest absolute Gasteiger partial charge is 0.115 e. The SMILES string of the molecule is [CH2]C[C@@H](CC)[S+]([O-])CCC. The molecule has 0 saturated heterocycles. The van der Waals surface area contributed by atoms with Crippen LogP contribution < -0.4 is 0 Å². The van der Waals surface area contributed by atoms with Crippen LogP contribution in [0.4, 0.5) is 0 Å². The monoisotopic (exact) mass is 161 g/mol. The van der Waals surface area contributed by atoms with Gasteiger partial charge in [0.25, 0.3) is 0 Å². The van der Waals surface area contributed by atoms with Gasteiger partial charge in [0, 0.05) is 0 Å². The zero-order valence-electron chi connectivity index (χ0n) is 6.93. The van der Waals surface area contributed by atoms with Gasteiger partial charge in [0.2, 0.25) is 0 Å². The summed E-state index contributed by atoms with van der Waals surface area (Å²) in [6.45, 7) is 7.90. The Labute approximate surface area is 67.4 Å². The molecule has 0 spiro atoms. The maximum atomic E-state index is 11.3. The molecular formula is C8H17OS. The highest BCUT2D eigenvalue weighted by Crippen LogP contribution is 2.11. The zero-order valence-corrected chi connectivity index (χ0v) is 7.75. The van der Waals surface area contributed by atoms with Crippen molar-refractivity contribution >= 4 is 11.2 Å². The van der Waals surface area contributed by atoms with E-state index in [1.165, 1.54) is 0 Å². The molecule has 1 radical (unpaired) electrons. The molecule has 0 aliphatic rings. The van der Waals surface area contributed by atoms with Crippen LogP contribution in [0, 0.1) is 6.92 Å². The second-order valence-corrected chi connectivity index (χ2v) is 4.24. The molecule has 1 unspecified atom stereocenters. The van der Waals surface area contributed by atoms with Gasteiger partial charge in [0.15, 0.2) is 0 Å². The molecule has 0 N–H and O–H groups in total. The highest BCUT2D eigenvalue weighted by molar-refractivity contribution is 7.92. The summed E-state index contributed by atoms with van der Waals surface area (Å²) in [5.41, 5.74) is 0. The standard InChI is InChI=1S/C8H17OS/c1-4-7-10(9)8(5-2)6-3/h8H,2,4-7H2,1,3H3/t8-,10?/m0/s1. The van der Waals surface area contributed by atoms with E-state index in [-0.39, 0.29) is 0 Å². The first-order valence-electron chi connectivity index (χ1n) is 3.92. The molecule has 0 aliphatic carbocycles. The Morgan fingerprint density at radius 1 is 1.50 bits per heavy atom. The van der Waals surface area contributed by atoms with Gasteiger partial charge in [-0.05, 0) is 26.2 Å². The molecule has 0 aromatic heterocycles. The Balaban J connectivity index is 3.53. The number of hydrogen-bond donors (Lipinski definition) is 0. The van der Waals surface area contributed by atoms with Gasteiger partial charge in [0.1, 0.15) is 11.0 Å². The highest BCUT2D eigenvalue weighted by Gasteiger charge is 2.16. The van der Waals surface area contributed by atoms with Gasteiger partial charge in [-0.1, -0.05) is 25.0 Å². The van der Waals surface area contributed by atoms with Crippen molar-refractivity contribution in [2.24, 2.45) is 0 Å². The largest absolute Gasteiger partial charge is 0.616 e. The molecule has 0 aliphatic heterocycles. The first-order valence-corrected chi connectivity index (χ1v) is 5.30. The molecule has 61 valence electrons. The Morgan fingerprint density at radius 2 is 2.10 bits per heavy atom. The van der Waals surface area contributed by atoms with Gasteiger partial charge < -0.3 is 4.55 Å². The predicted octanol–water partition coefficient (Wildman–Crippen LogP) is 2.15. The Kier molecular flexibility index (Phi) is 6.24. The van der Waals surface area contributed by atoms with Crippen LogP contribution in [-0.4, -0.2) is 15.6 Å². The molecular weight excluding hydrogens is 144 g/mol. The van der Waals surface area contributed by atoms with Crippen LogP contribution in [0.5, 0.6) is 0 Å². The van der Waals surface area contributed by atoms with E-state index in [9.17, 15) is 4.55 Å². The van der Waals surface area contributed by atoms with Crippen LogP contribution in [0.1, 0.15) is 33.1 Å². The van der Waals surface area contributed by atoms with Gasteiger partial charge in [0.05, 0.1) is 0 Å². The van der Waals surface area contributed by atoms with E-state index in [0.717, 1.165) is 25.0 Å². The lowest BCUT2D eigenvalue weighted by molar-refractivity contribution is 0.573. The molecule has 0 heterocycles. The van der Waals surface area contributed by atoms with E-state index in [2.05, 4.69) is 20.8 Å². The molecule has 2 heteroatoms. The summed E-state index contributed by atoms with van der Waals surface area (Å²) in [6, 6.07) is 0. The molecule has 1 nitrogen and oxygen atoms in total. The number of rotatable bonds is 5. The summed E-state index contributed by atoms with van der Waals surface area (Å²) < 4.78 is 11.3. The summed E-state index contributed by atoms with van der Waals surface area (Å²) in [7, 11) is 0. The van der Waals surface area contributed by atoms with Gasteiger partial charge in [-0.2, -0.15) is 0 Å². The van der Waals surface area contributed by atoms with Crippen molar-refractivity contribution in [3.8, 4) is 0 Å². The summed E-state index contributed by atoms with van der Waals surface area (Å²) in [5, 5.41) is 0.333. The minimum atomic E-state index is -0.620. The summed E-state index contributed by atoms with van der Waals surface area (Å²) in [4.78, 5) is 0. The lowest BCUT2D eigenvalue weighted by Crippen LogP contribution is -2.22. The van der Waals surface area contributed by atoms with Crippen molar-refractivity contribution in [1.29, 1.82) is 0 Å². The van der Waals surface area contributed by atoms with Crippen LogP contribution in [-0.2, 0) is 11.2 Å². The average Bonchev–Trinajstić information content (AvgIpc) is 1.91. The third-order valence-corrected chi connectivity index (χ3v) is 3.68. The maximum absolute atomic E-state index is 11.3. The van der Waals surface area contributed by atoms with Crippen LogP contribution in [0.15, 0.2) is 0 Å². The molecule has 0 fully saturated rings. The van der Waals surface area contributed by atoms with Gasteiger partial charge in [-0.25, -0.2) is 0 Å². The quantitative estimate of drug-likeness (QED) is 0.567. The van der Waals surface area contributed by atoms with Crippen LogP contribution in [0.25, 0.3) is 0 Å². The second kappa shape index (κ2) is 6.05. The van der Waals surface area contributed by atoms with Crippen molar-refractivity contribution in [2.75, 3.05) is 5.75 Å². The first-order chi connectivity index (χ1) is 4.76. The van der Waals surface area contributed by atoms with Crippen molar-refractivity contribution in [1.82, 2.24) is 0 Å². The van der Waals surface area contributed by atoms with Crippen molar-refractivity contribution in [3.63, 3.8) is 0 Å². The molecule has 0 aromatic rings. The van der Waals surface area contributed by atoms with Crippen LogP contribution in [0.3, 0.4) is 0 Å². The molecule has 2 atom stereocenters. The minimum Gasteiger partial charge on any atom is -0.616 e. The summed E-state index contributed by atoms with van der Waals surface area (Å²) in [5.74, 6) is 0.841. The molecule has 10 heavy (non-hydrogen) atoms. The summed E-state index contributed by atoms with van der Waals surface area (Å²) >= 11 is -0.620. The molecule has 0 bridgehead atoms. The normalized spacial score (nSPS) is 14.1. The van der Waals surface area contributed by atoms with E-state index in [1.807, 2.05) is 0 Å². The van der Waals surface area contributed by atoms with Crippen molar-refractivity contribution in [3.05, 3.63) is 6.92 Å². The maximum Gasteiger partial charge on any atom is 0.115 e. The fourth-order valence-electron chi connectivity index (χ4n) is 0.889. The highest BCUT2D eigenvalue weighted by atomic mass is 32.2. The van der Waals surface area contributed by atoms with E-state index >= 15 is 0 Å². The van der Waals surface area contributed by atoms with E-state index in [0.29, 0.717) is 5.25 Å². The topological polar surface area (TPSA) is 23.1 Å². The van der Waals surface area contributed by atoms with Crippen molar-refractivity contribution in [2.45, 2.75) is 38.4 Å². The van der Waals surface area contributed by atoms with Crippen molar-refractivity contribution < 1.29 is 4.55 Å². The van der Waals surface area contributed by atoms with Gasteiger partial charge >= 0.3 is 0 Å². The van der Waals surface area contributed by atoms with E-state index in [4.69, 9.17) is 0 Å². The van der Waals surface area contributed by atoms with Crippen LogP contribution in [0.2, 0.25) is 0 Å². The average molecular weight is 161 g/mol. The summed E-state index contributed by atoms with van der Waals surface area (Å²) in [6.07, 6.45) is 2.82. The fraction of sp³-hybridized carbons (Fsp3) is 0.875. The van der Waals surface area contributed by atoms with Crippen LogP contribution >= 0.6 is 0 Å². The predicted molar refractivity (Wildman–Crippen MR) is 47.4 cm³/mol. The minimum absolute atomic E-state index is 0.333. The molecule has 0 amide bonds. The zero-order chi connectivity index (χ0) is 7.98. The number of hydrogen-bond acceptors (Lipinski definition) is 1. The Morgan fingerprint density at radius 3 is 2.40 bits per heavy atom. The third kappa shape index (κ3) is 3.47. The van der Waals surface area contributed by atoms with Gasteiger partial charge in [-0.3, -0.25) is 0 Å². The van der Waals surface area contributed by atoms with Gasteiger partial charge in [-0.15, -0.1) is 0 Å². The Bertz CT molecular complexity index is 71.7. The molecule has 0 rings (SSSR count). The fourth-order valence-corrected chi connectivity index (χ4v) is 2.26. The van der Waals surface area contributed by atoms with E-state index < -0.39 is 11.2 Å². The first kappa shape index (κ1) is 10.3.